The molecule has 188 valence electrons. The quantitative estimate of drug-likeness (QED) is 0.524. The molecule has 10 heteroatoms. The summed E-state index contributed by atoms with van der Waals surface area (Å²) in [5, 5.41) is 14.4. The van der Waals surface area contributed by atoms with Crippen molar-refractivity contribution in [3.63, 3.8) is 0 Å². The highest BCUT2D eigenvalue weighted by atomic mass is 19.2. The van der Waals surface area contributed by atoms with Gasteiger partial charge >= 0.3 is 0 Å². The highest BCUT2D eigenvalue weighted by Crippen LogP contribution is 2.36. The van der Waals surface area contributed by atoms with Gasteiger partial charge in [0.2, 0.25) is 0 Å². The van der Waals surface area contributed by atoms with E-state index in [0.717, 1.165) is 47.5 Å². The molecule has 0 saturated carbocycles. The zero-order chi connectivity index (χ0) is 25.4. The Morgan fingerprint density at radius 1 is 1.19 bits per heavy atom. The molecule has 0 radical (unpaired) electrons. The molecule has 2 aromatic carbocycles. The Morgan fingerprint density at radius 2 is 1.97 bits per heavy atom. The second-order valence-corrected chi connectivity index (χ2v) is 8.81. The Morgan fingerprint density at radius 3 is 2.64 bits per heavy atom. The molecule has 0 amide bonds. The predicted octanol–water partition coefficient (Wildman–Crippen LogP) is 4.53. The Labute approximate surface area is 206 Å². The highest BCUT2D eigenvalue weighted by Gasteiger charge is 2.39. The van der Waals surface area contributed by atoms with Gasteiger partial charge in [0.15, 0.2) is 29.4 Å². The minimum Gasteiger partial charge on any atom is -0.495 e. The number of nitrogens with zero attached hydrogens (tertiary/aromatic N) is 4. The first kappa shape index (κ1) is 23.9. The molecule has 36 heavy (non-hydrogen) atoms. The van der Waals surface area contributed by atoms with Crippen molar-refractivity contribution in [1.29, 1.82) is 0 Å². The maximum atomic E-state index is 13.9. The monoisotopic (exact) mass is 498 g/mol. The number of fused-ring (bicyclic) bond motifs is 1. The van der Waals surface area contributed by atoms with E-state index in [-0.39, 0.29) is 12.2 Å². The molecule has 2 aliphatic heterocycles. The molecule has 0 spiro atoms. The van der Waals surface area contributed by atoms with E-state index in [4.69, 9.17) is 9.57 Å². The molecule has 2 aliphatic rings. The highest BCUT2D eigenvalue weighted by molar-refractivity contribution is 6.03. The van der Waals surface area contributed by atoms with Crippen molar-refractivity contribution >= 4 is 11.9 Å². The van der Waals surface area contributed by atoms with Crippen LogP contribution >= 0.6 is 0 Å². The number of amidine groups is 1. The maximum Gasteiger partial charge on any atom is 0.194 e. The van der Waals surface area contributed by atoms with Gasteiger partial charge < -0.3 is 24.1 Å². The van der Waals surface area contributed by atoms with Gasteiger partial charge in [-0.2, -0.15) is 0 Å². The lowest BCUT2D eigenvalue weighted by Gasteiger charge is -2.43. The molecular weight excluding hydrogens is 473 g/mol. The van der Waals surface area contributed by atoms with Crippen LogP contribution in [0.1, 0.15) is 35.8 Å². The molecular formula is C26H25F3N4O3. The van der Waals surface area contributed by atoms with Crippen LogP contribution in [0.3, 0.4) is 0 Å². The van der Waals surface area contributed by atoms with Crippen molar-refractivity contribution in [2.24, 2.45) is 5.16 Å². The minimum absolute atomic E-state index is 0.0689. The molecule has 7 nitrogen and oxygen atoms in total. The molecule has 3 heterocycles. The number of hydrogen-bond acceptors (Lipinski definition) is 6. The van der Waals surface area contributed by atoms with E-state index in [0.29, 0.717) is 18.1 Å². The van der Waals surface area contributed by atoms with Crippen molar-refractivity contribution in [3.05, 3.63) is 82.7 Å². The first-order chi connectivity index (χ1) is 17.4. The number of oxime groups is 1. The van der Waals surface area contributed by atoms with E-state index >= 15 is 0 Å². The van der Waals surface area contributed by atoms with E-state index in [1.807, 2.05) is 46.9 Å². The maximum absolute atomic E-state index is 13.9. The molecule has 1 N–H and O–H groups in total. The minimum atomic E-state index is -1.55. The summed E-state index contributed by atoms with van der Waals surface area (Å²) in [4.78, 5) is 11.8. The summed E-state index contributed by atoms with van der Waals surface area (Å²) in [6.07, 6.45) is 6.17. The summed E-state index contributed by atoms with van der Waals surface area (Å²) in [6, 6.07) is 6.92. The van der Waals surface area contributed by atoms with E-state index in [2.05, 4.69) is 10.1 Å². The number of aryl methyl sites for hydroxylation is 1. The molecule has 1 fully saturated rings. The number of piperidine rings is 1. The zero-order valence-corrected chi connectivity index (χ0v) is 19.8. The largest absolute Gasteiger partial charge is 0.495 e. The first-order valence-electron chi connectivity index (χ1n) is 11.5. The van der Waals surface area contributed by atoms with Gasteiger partial charge in [-0.25, -0.2) is 18.2 Å². The number of aliphatic hydroxyl groups is 1. The van der Waals surface area contributed by atoms with Gasteiger partial charge in [-0.3, -0.25) is 0 Å². The average Bonchev–Trinajstić information content (AvgIpc) is 3.32. The van der Waals surface area contributed by atoms with E-state index in [1.54, 1.807) is 13.4 Å². The molecule has 5 rings (SSSR count). The van der Waals surface area contributed by atoms with Gasteiger partial charge in [0.05, 0.1) is 37.5 Å². The second kappa shape index (κ2) is 9.69. The summed E-state index contributed by atoms with van der Waals surface area (Å²) < 4.78 is 48.7. The van der Waals surface area contributed by atoms with E-state index < -0.39 is 29.6 Å². The Kier molecular flexibility index (Phi) is 6.44. The lowest BCUT2D eigenvalue weighted by Crippen LogP contribution is -2.52. The third-order valence-electron chi connectivity index (χ3n) is 6.46. The number of benzene rings is 2. The number of imidazole rings is 1. The third-order valence-corrected chi connectivity index (χ3v) is 6.46. The Bertz CT molecular complexity index is 1330. The molecule has 2 atom stereocenters. The number of halogens is 3. The lowest BCUT2D eigenvalue weighted by atomic mass is 9.94. The van der Waals surface area contributed by atoms with Crippen LogP contribution in [0, 0.1) is 24.4 Å². The number of rotatable bonds is 5. The number of ether oxygens (including phenoxy) is 1. The van der Waals surface area contributed by atoms with E-state index in [1.165, 1.54) is 0 Å². The zero-order valence-electron chi connectivity index (χ0n) is 19.8. The summed E-state index contributed by atoms with van der Waals surface area (Å²) in [5.41, 5.74) is 3.59. The number of hydrogen-bond donors (Lipinski definition) is 1. The third kappa shape index (κ3) is 4.32. The van der Waals surface area contributed by atoms with Crippen molar-refractivity contribution < 1.29 is 27.9 Å². The molecule has 0 bridgehead atoms. The van der Waals surface area contributed by atoms with Crippen LogP contribution in [-0.2, 0) is 4.84 Å². The smallest absolute Gasteiger partial charge is 0.194 e. The molecule has 1 aromatic heterocycles. The van der Waals surface area contributed by atoms with Crippen LogP contribution < -0.4 is 4.74 Å². The number of methoxy groups -OCH3 is 1. The predicted molar refractivity (Wildman–Crippen MR) is 127 cm³/mol. The fourth-order valence-corrected chi connectivity index (χ4v) is 4.72. The number of aromatic nitrogens is 2. The molecule has 3 aromatic rings. The topological polar surface area (TPSA) is 72.1 Å². The number of aliphatic hydroxyl groups excluding tert-OH is 1. The Hall–Kier alpha value is -3.79. The fraction of sp³-hybridized carbons (Fsp3) is 0.308. The van der Waals surface area contributed by atoms with Crippen LogP contribution in [0.5, 0.6) is 5.75 Å². The first-order valence-corrected chi connectivity index (χ1v) is 11.5. The van der Waals surface area contributed by atoms with Gasteiger partial charge in [-0.15, -0.1) is 0 Å². The molecule has 0 unspecified atom stereocenters. The van der Waals surface area contributed by atoms with E-state index in [9.17, 15) is 18.3 Å². The standard InChI is InChI=1S/C26H25F3N4O3/c1-15-12-32(14-30-15)21-6-5-16(9-23(21)35-2)8-17-4-3-7-33-22(13-34)25(36-31-26(17)33)18-10-19(27)24(29)20(28)11-18/h5-6,8-12,14,22,25,34H,3-4,7,13H2,1-2H3/b17-8+/t22-,25+/m0/s1. The van der Waals surface area contributed by atoms with Crippen LogP contribution in [-0.4, -0.2) is 51.7 Å². The van der Waals surface area contributed by atoms with Crippen molar-refractivity contribution in [2.45, 2.75) is 31.9 Å². The van der Waals surface area contributed by atoms with Crippen LogP contribution in [0.15, 0.2) is 53.6 Å². The van der Waals surface area contributed by atoms with Crippen molar-refractivity contribution in [3.8, 4) is 11.4 Å². The molecule has 0 aliphatic carbocycles. The lowest BCUT2D eigenvalue weighted by molar-refractivity contribution is -0.0396. The van der Waals surface area contributed by atoms with Crippen molar-refractivity contribution in [2.75, 3.05) is 20.3 Å². The summed E-state index contributed by atoms with van der Waals surface area (Å²) >= 11 is 0. The Balaban J connectivity index is 1.47. The SMILES string of the molecule is COc1cc(/C=C2\CCCN3C2=NO[C@H](c2cc(F)c(F)c(F)c2)[C@@H]3CO)ccc1-n1cnc(C)c1. The summed E-state index contributed by atoms with van der Waals surface area (Å²) in [6.45, 7) is 2.15. The fourth-order valence-electron chi connectivity index (χ4n) is 4.72. The van der Waals surface area contributed by atoms with Gasteiger partial charge in [-0.05, 0) is 61.2 Å². The van der Waals surface area contributed by atoms with Gasteiger partial charge in [0.25, 0.3) is 0 Å². The van der Waals surface area contributed by atoms with Gasteiger partial charge in [0, 0.05) is 18.3 Å². The van der Waals surface area contributed by atoms with Gasteiger partial charge in [-0.1, -0.05) is 11.2 Å². The van der Waals surface area contributed by atoms with Crippen LogP contribution in [0.25, 0.3) is 11.8 Å². The average molecular weight is 499 g/mol. The van der Waals surface area contributed by atoms with Crippen LogP contribution in [0.4, 0.5) is 13.2 Å². The normalized spacial score (nSPS) is 20.7. The van der Waals surface area contributed by atoms with Gasteiger partial charge in [0.1, 0.15) is 5.75 Å². The second-order valence-electron chi connectivity index (χ2n) is 8.81. The van der Waals surface area contributed by atoms with Crippen LogP contribution in [0.2, 0.25) is 0 Å². The summed E-state index contributed by atoms with van der Waals surface area (Å²) in [7, 11) is 1.61. The molecule has 1 saturated heterocycles. The summed E-state index contributed by atoms with van der Waals surface area (Å²) in [5.74, 6) is -2.96. The van der Waals surface area contributed by atoms with Crippen molar-refractivity contribution in [1.82, 2.24) is 14.5 Å².